The van der Waals surface area contributed by atoms with Crippen LogP contribution < -0.4 is 5.32 Å². The third-order valence-electron chi connectivity index (χ3n) is 2.88. The maximum absolute atomic E-state index is 11.9. The number of nitro benzene ring substituents is 1. The van der Waals surface area contributed by atoms with Crippen LogP contribution in [-0.4, -0.2) is 16.6 Å². The van der Waals surface area contributed by atoms with Crippen LogP contribution in [0, 0.1) is 17.0 Å². The van der Waals surface area contributed by atoms with Crippen molar-refractivity contribution in [2.75, 3.05) is 11.1 Å². The average molecular weight is 337 g/mol. The maximum Gasteiger partial charge on any atom is 0.269 e. The van der Waals surface area contributed by atoms with Crippen molar-refractivity contribution in [3.8, 4) is 0 Å². The zero-order chi connectivity index (χ0) is 16.1. The van der Waals surface area contributed by atoms with E-state index in [0.717, 1.165) is 16.1 Å². The molecule has 5 nitrogen and oxygen atoms in total. The van der Waals surface area contributed by atoms with Gasteiger partial charge in [0.05, 0.1) is 10.7 Å². The maximum atomic E-state index is 11.9. The summed E-state index contributed by atoms with van der Waals surface area (Å²) in [7, 11) is 0. The molecule has 0 radical (unpaired) electrons. The second-order valence-electron chi connectivity index (χ2n) is 4.55. The summed E-state index contributed by atoms with van der Waals surface area (Å²) in [6.45, 7) is 1.87. The highest BCUT2D eigenvalue weighted by Gasteiger charge is 2.08. The number of carbonyl (C=O) groups is 1. The lowest BCUT2D eigenvalue weighted by Crippen LogP contribution is -2.14. The standard InChI is InChI=1S/C15H13ClN2O3S/c1-10-8-11(16)2-7-14(10)17-15(19)9-22-13-5-3-12(4-6-13)18(20)21/h2-8H,9H2,1H3,(H,17,19). The number of thioether (sulfide) groups is 1. The Labute approximate surface area is 136 Å². The Hall–Kier alpha value is -2.05. The molecule has 2 rings (SSSR count). The van der Waals surface area contributed by atoms with E-state index in [1.807, 2.05) is 6.92 Å². The topological polar surface area (TPSA) is 72.2 Å². The molecule has 2 aromatic carbocycles. The van der Waals surface area contributed by atoms with Gasteiger partial charge < -0.3 is 5.32 Å². The van der Waals surface area contributed by atoms with E-state index in [2.05, 4.69) is 5.32 Å². The Morgan fingerprint density at radius 1 is 1.27 bits per heavy atom. The molecule has 0 atom stereocenters. The molecule has 0 aromatic heterocycles. The highest BCUT2D eigenvalue weighted by atomic mass is 35.5. The first-order valence-corrected chi connectivity index (χ1v) is 7.75. The number of rotatable bonds is 5. The van der Waals surface area contributed by atoms with Gasteiger partial charge >= 0.3 is 0 Å². The molecule has 22 heavy (non-hydrogen) atoms. The fourth-order valence-electron chi connectivity index (χ4n) is 1.77. The van der Waals surface area contributed by atoms with Gasteiger partial charge in [-0.2, -0.15) is 0 Å². The molecule has 0 aliphatic heterocycles. The van der Waals surface area contributed by atoms with Gasteiger partial charge in [0.2, 0.25) is 5.91 Å². The van der Waals surface area contributed by atoms with Crippen molar-refractivity contribution in [3.63, 3.8) is 0 Å². The number of anilines is 1. The van der Waals surface area contributed by atoms with Crippen LogP contribution >= 0.6 is 23.4 Å². The molecule has 0 aliphatic carbocycles. The van der Waals surface area contributed by atoms with E-state index in [0.29, 0.717) is 5.02 Å². The summed E-state index contributed by atoms with van der Waals surface area (Å²) in [6.07, 6.45) is 0. The van der Waals surface area contributed by atoms with Crippen LogP contribution in [0.1, 0.15) is 5.56 Å². The molecule has 0 fully saturated rings. The van der Waals surface area contributed by atoms with Crippen molar-refractivity contribution in [1.82, 2.24) is 0 Å². The summed E-state index contributed by atoms with van der Waals surface area (Å²) in [5.41, 5.74) is 1.64. The molecular formula is C15H13ClN2O3S. The molecule has 7 heteroatoms. The van der Waals surface area contributed by atoms with Crippen LogP contribution in [-0.2, 0) is 4.79 Å². The predicted molar refractivity (Wildman–Crippen MR) is 88.6 cm³/mol. The van der Waals surface area contributed by atoms with E-state index in [9.17, 15) is 14.9 Å². The second kappa shape index (κ2) is 7.29. The van der Waals surface area contributed by atoms with Crippen LogP contribution in [0.3, 0.4) is 0 Å². The average Bonchev–Trinajstić information content (AvgIpc) is 2.48. The minimum Gasteiger partial charge on any atom is -0.325 e. The molecule has 114 valence electrons. The van der Waals surface area contributed by atoms with Crippen molar-refractivity contribution in [2.45, 2.75) is 11.8 Å². The van der Waals surface area contributed by atoms with Crippen molar-refractivity contribution in [2.24, 2.45) is 0 Å². The lowest BCUT2D eigenvalue weighted by atomic mass is 10.2. The normalized spacial score (nSPS) is 10.3. The van der Waals surface area contributed by atoms with Gasteiger partial charge in [-0.25, -0.2) is 0 Å². The van der Waals surface area contributed by atoms with Gasteiger partial charge in [0.25, 0.3) is 5.69 Å². The number of benzene rings is 2. The number of carbonyl (C=O) groups excluding carboxylic acids is 1. The quantitative estimate of drug-likeness (QED) is 0.502. The van der Waals surface area contributed by atoms with E-state index in [4.69, 9.17) is 11.6 Å². The van der Waals surface area contributed by atoms with Crippen LogP contribution in [0.5, 0.6) is 0 Å². The van der Waals surface area contributed by atoms with Crippen molar-refractivity contribution in [3.05, 3.63) is 63.2 Å². The second-order valence-corrected chi connectivity index (χ2v) is 6.03. The van der Waals surface area contributed by atoms with Crippen LogP contribution in [0.2, 0.25) is 5.02 Å². The molecular weight excluding hydrogens is 324 g/mol. The lowest BCUT2D eigenvalue weighted by molar-refractivity contribution is -0.384. The van der Waals surface area contributed by atoms with E-state index >= 15 is 0 Å². The van der Waals surface area contributed by atoms with E-state index in [1.54, 1.807) is 30.3 Å². The number of amides is 1. The Bertz CT molecular complexity index is 704. The van der Waals surface area contributed by atoms with Crippen LogP contribution in [0.4, 0.5) is 11.4 Å². The summed E-state index contributed by atoms with van der Waals surface area (Å²) in [6, 6.07) is 11.3. The van der Waals surface area contributed by atoms with Gasteiger partial charge in [0.15, 0.2) is 0 Å². The molecule has 1 N–H and O–H groups in total. The van der Waals surface area contributed by atoms with Gasteiger partial charge in [0.1, 0.15) is 0 Å². The number of aryl methyl sites for hydroxylation is 1. The zero-order valence-electron chi connectivity index (χ0n) is 11.7. The van der Waals surface area contributed by atoms with Gasteiger partial charge in [0, 0.05) is 27.7 Å². The third kappa shape index (κ3) is 4.47. The fraction of sp³-hybridized carbons (Fsp3) is 0.133. The molecule has 0 unspecified atom stereocenters. The summed E-state index contributed by atoms with van der Waals surface area (Å²) >= 11 is 7.18. The van der Waals surface area contributed by atoms with Crippen LogP contribution in [0.25, 0.3) is 0 Å². The summed E-state index contributed by atoms with van der Waals surface area (Å²) in [4.78, 5) is 22.8. The molecule has 0 spiro atoms. The molecule has 2 aromatic rings. The Morgan fingerprint density at radius 2 is 1.95 bits per heavy atom. The van der Waals surface area contributed by atoms with Gasteiger partial charge in [-0.05, 0) is 42.8 Å². The minimum absolute atomic E-state index is 0.0330. The minimum atomic E-state index is -0.454. The van der Waals surface area contributed by atoms with E-state index in [1.165, 1.54) is 23.9 Å². The summed E-state index contributed by atoms with van der Waals surface area (Å²) in [5, 5.41) is 14.0. The molecule has 0 heterocycles. The number of halogens is 1. The monoisotopic (exact) mass is 336 g/mol. The lowest BCUT2D eigenvalue weighted by Gasteiger charge is -2.08. The fourth-order valence-corrected chi connectivity index (χ4v) is 2.69. The van der Waals surface area contributed by atoms with Crippen molar-refractivity contribution in [1.29, 1.82) is 0 Å². The highest BCUT2D eigenvalue weighted by molar-refractivity contribution is 8.00. The Balaban J connectivity index is 1.91. The zero-order valence-corrected chi connectivity index (χ0v) is 13.3. The smallest absolute Gasteiger partial charge is 0.269 e. The molecule has 0 aliphatic rings. The van der Waals surface area contributed by atoms with Crippen molar-refractivity contribution >= 4 is 40.6 Å². The van der Waals surface area contributed by atoms with Gasteiger partial charge in [-0.1, -0.05) is 11.6 Å². The summed E-state index contributed by atoms with van der Waals surface area (Å²) in [5.74, 6) is 0.0774. The number of nitro groups is 1. The Morgan fingerprint density at radius 3 is 2.55 bits per heavy atom. The molecule has 1 amide bonds. The van der Waals surface area contributed by atoms with Crippen molar-refractivity contribution < 1.29 is 9.72 Å². The number of nitrogens with one attached hydrogen (secondary N) is 1. The predicted octanol–water partition coefficient (Wildman–Crippen LogP) is 4.29. The number of hydrogen-bond donors (Lipinski definition) is 1. The third-order valence-corrected chi connectivity index (χ3v) is 4.13. The van der Waals surface area contributed by atoms with Gasteiger partial charge in [-0.3, -0.25) is 14.9 Å². The first-order chi connectivity index (χ1) is 10.5. The van der Waals surface area contributed by atoms with E-state index < -0.39 is 4.92 Å². The number of hydrogen-bond acceptors (Lipinski definition) is 4. The first kappa shape index (κ1) is 16.3. The summed E-state index contributed by atoms with van der Waals surface area (Å²) < 4.78 is 0. The van der Waals surface area contributed by atoms with E-state index in [-0.39, 0.29) is 17.3 Å². The van der Waals surface area contributed by atoms with Gasteiger partial charge in [-0.15, -0.1) is 11.8 Å². The molecule has 0 saturated heterocycles. The largest absolute Gasteiger partial charge is 0.325 e. The van der Waals surface area contributed by atoms with Crippen LogP contribution in [0.15, 0.2) is 47.4 Å². The Kier molecular flexibility index (Phi) is 5.41. The highest BCUT2D eigenvalue weighted by Crippen LogP contribution is 2.23. The number of nitrogens with zero attached hydrogens (tertiary/aromatic N) is 1. The number of non-ortho nitro benzene ring substituents is 1. The first-order valence-electron chi connectivity index (χ1n) is 6.39. The molecule has 0 bridgehead atoms. The SMILES string of the molecule is Cc1cc(Cl)ccc1NC(=O)CSc1ccc([N+](=O)[O-])cc1. The molecule has 0 saturated carbocycles.